The van der Waals surface area contributed by atoms with Crippen LogP contribution < -0.4 is 0 Å². The van der Waals surface area contributed by atoms with Crippen molar-refractivity contribution in [3.05, 3.63) is 130 Å². The summed E-state index contributed by atoms with van der Waals surface area (Å²) in [5.74, 6) is 0.893. The first-order chi connectivity index (χ1) is 21.5. The van der Waals surface area contributed by atoms with E-state index in [1.54, 1.807) is 36.0 Å². The third-order valence-electron chi connectivity index (χ3n) is 8.28. The molecule has 0 aromatic heterocycles. The zero-order valence-corrected chi connectivity index (χ0v) is 25.3. The Morgan fingerprint density at radius 3 is 2.11 bits per heavy atom. The smallest absolute Gasteiger partial charge is 0.261 e. The summed E-state index contributed by atoms with van der Waals surface area (Å²) in [7, 11) is 0. The molecule has 1 fully saturated rings. The number of amides is 2. The first-order valence-corrected chi connectivity index (χ1v) is 16.0. The van der Waals surface area contributed by atoms with Crippen LogP contribution in [0.2, 0.25) is 0 Å². The molecule has 2 heterocycles. The highest BCUT2D eigenvalue weighted by Gasteiger charge is 2.38. The summed E-state index contributed by atoms with van der Waals surface area (Å²) >= 11 is 1.66. The Labute approximate surface area is 261 Å². The van der Waals surface area contributed by atoms with E-state index in [4.69, 9.17) is 9.47 Å². The molecule has 0 aliphatic carbocycles. The fraction of sp³-hybridized carbons (Fsp3) is 0.278. The van der Waals surface area contributed by atoms with Crippen molar-refractivity contribution < 1.29 is 29.3 Å². The average molecular weight is 610 g/mol. The van der Waals surface area contributed by atoms with Gasteiger partial charge in [-0.2, -0.15) is 11.8 Å². The third-order valence-corrected chi connectivity index (χ3v) is 9.31. The van der Waals surface area contributed by atoms with Crippen molar-refractivity contribution in [2.24, 2.45) is 5.92 Å². The van der Waals surface area contributed by atoms with Gasteiger partial charge in [0.2, 0.25) is 0 Å². The van der Waals surface area contributed by atoms with E-state index in [1.165, 1.54) is 4.90 Å². The number of aliphatic hydroxyl groups excluding tert-OH is 2. The van der Waals surface area contributed by atoms with Gasteiger partial charge >= 0.3 is 0 Å². The molecule has 2 aliphatic rings. The van der Waals surface area contributed by atoms with Crippen molar-refractivity contribution in [1.82, 2.24) is 4.90 Å². The highest BCUT2D eigenvalue weighted by atomic mass is 32.2. The van der Waals surface area contributed by atoms with Crippen LogP contribution in [0.15, 0.2) is 97.1 Å². The summed E-state index contributed by atoms with van der Waals surface area (Å²) in [5, 5.41) is 18.8. The minimum absolute atomic E-state index is 0.0141. The predicted octanol–water partition coefficient (Wildman–Crippen LogP) is 6.16. The molecular weight excluding hydrogens is 574 g/mol. The Balaban J connectivity index is 1.24. The van der Waals surface area contributed by atoms with E-state index < -0.39 is 6.29 Å². The van der Waals surface area contributed by atoms with Gasteiger partial charge in [-0.1, -0.05) is 79.7 Å². The second-order valence-corrected chi connectivity index (χ2v) is 12.3. The molecule has 2 amide bonds. The summed E-state index contributed by atoms with van der Waals surface area (Å²) in [4.78, 5) is 27.2. The molecule has 0 radical (unpaired) electrons. The van der Waals surface area contributed by atoms with Crippen LogP contribution in [0.5, 0.6) is 0 Å². The molecule has 0 spiro atoms. The fourth-order valence-corrected chi connectivity index (χ4v) is 6.76. The molecule has 0 bridgehead atoms. The summed E-state index contributed by atoms with van der Waals surface area (Å²) in [6.07, 6.45) is -0.915. The van der Waals surface area contributed by atoms with E-state index in [0.717, 1.165) is 39.1 Å². The van der Waals surface area contributed by atoms with Gasteiger partial charge in [0.15, 0.2) is 6.29 Å². The SMILES string of the molecule is C[C@@H]1[C@H](CSCCO)O[C@H](c2cccc(-c3cccc(CN4C(=O)c5ccccc5C4=O)c3)c2)O[C@@H]1c1ccc(CO)cc1. The van der Waals surface area contributed by atoms with Crippen LogP contribution in [-0.2, 0) is 22.6 Å². The molecule has 1 saturated heterocycles. The van der Waals surface area contributed by atoms with Gasteiger partial charge in [-0.25, -0.2) is 0 Å². The number of ether oxygens (including phenoxy) is 2. The lowest BCUT2D eigenvalue weighted by Gasteiger charge is -2.41. The van der Waals surface area contributed by atoms with Gasteiger partial charge in [0.05, 0.1) is 43.1 Å². The first kappa shape index (κ1) is 30.2. The van der Waals surface area contributed by atoms with Gasteiger partial charge in [-0.05, 0) is 52.1 Å². The Hall–Kier alpha value is -3.79. The number of carbonyl (C=O) groups excluding carboxylic acids is 2. The lowest BCUT2D eigenvalue weighted by atomic mass is 9.91. The molecule has 4 aromatic rings. The number of rotatable bonds is 10. The lowest BCUT2D eigenvalue weighted by Crippen LogP contribution is -2.38. The standard InChI is InChI=1S/C36H35NO6S/c1-23-32(22-44-17-16-38)42-36(43-33(23)26-14-12-24(21-39)13-15-26)29-9-5-8-28(19-29)27-7-4-6-25(18-27)20-37-34(40)30-10-2-3-11-31(30)35(37)41/h2-15,18-19,23,32-33,36,38-39H,16-17,20-22H2,1H3/t23-,32+,33+,36+/m1/s1. The fourth-order valence-electron chi connectivity index (χ4n) is 5.85. The number of aliphatic hydroxyl groups is 2. The summed E-state index contributed by atoms with van der Waals surface area (Å²) < 4.78 is 13.2. The van der Waals surface area contributed by atoms with Crippen molar-refractivity contribution in [3.8, 4) is 11.1 Å². The van der Waals surface area contributed by atoms with E-state index in [2.05, 4.69) is 13.0 Å². The highest BCUT2D eigenvalue weighted by Crippen LogP contribution is 2.43. The molecule has 0 unspecified atom stereocenters. The second kappa shape index (κ2) is 13.5. The maximum Gasteiger partial charge on any atom is 0.261 e. The summed E-state index contributed by atoms with van der Waals surface area (Å²) in [6, 6.07) is 30.7. The topological polar surface area (TPSA) is 96.3 Å². The second-order valence-electron chi connectivity index (χ2n) is 11.2. The van der Waals surface area contributed by atoms with Crippen LogP contribution in [0.3, 0.4) is 0 Å². The molecular formula is C36H35NO6S. The van der Waals surface area contributed by atoms with Gasteiger partial charge in [-0.3, -0.25) is 14.5 Å². The van der Waals surface area contributed by atoms with Gasteiger partial charge in [-0.15, -0.1) is 0 Å². The Kier molecular flexibility index (Phi) is 9.25. The zero-order valence-electron chi connectivity index (χ0n) is 24.5. The summed E-state index contributed by atoms with van der Waals surface area (Å²) in [6.45, 7) is 2.42. The van der Waals surface area contributed by atoms with Crippen molar-refractivity contribution in [3.63, 3.8) is 0 Å². The van der Waals surface area contributed by atoms with Crippen molar-refractivity contribution >= 4 is 23.6 Å². The van der Waals surface area contributed by atoms with Gasteiger partial charge in [0, 0.05) is 23.0 Å². The number of hydrogen-bond acceptors (Lipinski definition) is 7. The largest absolute Gasteiger partial charge is 0.396 e. The maximum absolute atomic E-state index is 12.9. The first-order valence-electron chi connectivity index (χ1n) is 14.8. The van der Waals surface area contributed by atoms with Gasteiger partial charge in [0.25, 0.3) is 11.8 Å². The zero-order chi connectivity index (χ0) is 30.6. The van der Waals surface area contributed by atoms with E-state index >= 15 is 0 Å². The molecule has 44 heavy (non-hydrogen) atoms. The lowest BCUT2D eigenvalue weighted by molar-refractivity contribution is -0.268. The van der Waals surface area contributed by atoms with Crippen molar-refractivity contribution in [2.45, 2.75) is 38.6 Å². The van der Waals surface area contributed by atoms with E-state index in [-0.39, 0.29) is 49.7 Å². The number of benzene rings is 4. The van der Waals surface area contributed by atoms with Crippen LogP contribution >= 0.6 is 11.8 Å². The van der Waals surface area contributed by atoms with Crippen LogP contribution in [0, 0.1) is 5.92 Å². The number of imide groups is 1. The van der Waals surface area contributed by atoms with E-state index in [0.29, 0.717) is 16.9 Å². The summed E-state index contributed by atoms with van der Waals surface area (Å²) in [5.41, 5.74) is 6.42. The van der Waals surface area contributed by atoms with Gasteiger partial charge in [0.1, 0.15) is 0 Å². The Bertz CT molecular complexity index is 1600. The molecule has 2 N–H and O–H groups in total. The molecule has 7 nitrogen and oxygen atoms in total. The maximum atomic E-state index is 12.9. The van der Waals surface area contributed by atoms with Crippen LogP contribution in [0.1, 0.15) is 62.3 Å². The molecule has 226 valence electrons. The third kappa shape index (κ3) is 6.22. The molecule has 0 saturated carbocycles. The Morgan fingerprint density at radius 2 is 1.43 bits per heavy atom. The molecule has 2 aliphatic heterocycles. The highest BCUT2D eigenvalue weighted by molar-refractivity contribution is 7.99. The van der Waals surface area contributed by atoms with Crippen LogP contribution in [-0.4, -0.2) is 51.1 Å². The number of fused-ring (bicyclic) bond motifs is 1. The van der Waals surface area contributed by atoms with E-state index in [1.807, 2.05) is 66.7 Å². The average Bonchev–Trinajstić information content (AvgIpc) is 3.30. The van der Waals surface area contributed by atoms with Crippen molar-refractivity contribution in [1.29, 1.82) is 0 Å². The monoisotopic (exact) mass is 609 g/mol. The van der Waals surface area contributed by atoms with Crippen LogP contribution in [0.4, 0.5) is 0 Å². The minimum Gasteiger partial charge on any atom is -0.396 e. The molecule has 4 atom stereocenters. The van der Waals surface area contributed by atoms with Gasteiger partial charge < -0.3 is 19.7 Å². The Morgan fingerprint density at radius 1 is 0.750 bits per heavy atom. The minimum atomic E-state index is -0.602. The molecule has 8 heteroatoms. The van der Waals surface area contributed by atoms with Crippen LogP contribution in [0.25, 0.3) is 11.1 Å². The number of hydrogen-bond donors (Lipinski definition) is 2. The van der Waals surface area contributed by atoms with E-state index in [9.17, 15) is 19.8 Å². The number of thioether (sulfide) groups is 1. The number of nitrogens with zero attached hydrogens (tertiary/aromatic N) is 1. The number of carbonyl (C=O) groups is 2. The van der Waals surface area contributed by atoms with Crippen molar-refractivity contribution in [2.75, 3.05) is 18.1 Å². The molecule has 6 rings (SSSR count). The normalized spacial score (nSPS) is 21.5. The predicted molar refractivity (Wildman–Crippen MR) is 170 cm³/mol. The quantitative estimate of drug-likeness (QED) is 0.164. The molecule has 4 aromatic carbocycles.